The van der Waals surface area contributed by atoms with E-state index in [0.717, 1.165) is 33.5 Å². The number of nitrogens with one attached hydrogen (secondary N) is 1. The highest BCUT2D eigenvalue weighted by Gasteiger charge is 2.07. The second-order valence-corrected chi connectivity index (χ2v) is 7.36. The highest BCUT2D eigenvalue weighted by atomic mass is 16.5. The molecule has 0 saturated carbocycles. The van der Waals surface area contributed by atoms with Crippen molar-refractivity contribution in [2.24, 2.45) is 0 Å². The molecule has 30 heavy (non-hydrogen) atoms. The molecular weight excluding hydrogens is 374 g/mol. The molecular formula is C25H25N3O2. The van der Waals surface area contributed by atoms with Crippen LogP contribution in [0.1, 0.15) is 27.3 Å². The minimum absolute atomic E-state index is 0.103. The highest BCUT2D eigenvalue weighted by molar-refractivity contribution is 5.94. The molecule has 0 radical (unpaired) electrons. The fourth-order valence-corrected chi connectivity index (χ4v) is 3.52. The fourth-order valence-electron chi connectivity index (χ4n) is 3.52. The number of hydrogen-bond donors (Lipinski definition) is 1. The number of ether oxygens (including phenoxy) is 1. The van der Waals surface area contributed by atoms with Gasteiger partial charge in [0.25, 0.3) is 5.91 Å². The molecule has 0 aliphatic carbocycles. The molecule has 4 aromatic rings. The van der Waals surface area contributed by atoms with Crippen LogP contribution in [0.3, 0.4) is 0 Å². The van der Waals surface area contributed by atoms with Crippen molar-refractivity contribution in [3.63, 3.8) is 0 Å². The third-order valence-corrected chi connectivity index (χ3v) is 5.05. The van der Waals surface area contributed by atoms with E-state index >= 15 is 0 Å². The Morgan fingerprint density at radius 3 is 2.53 bits per heavy atom. The van der Waals surface area contributed by atoms with Gasteiger partial charge in [0.2, 0.25) is 0 Å². The van der Waals surface area contributed by atoms with Crippen molar-refractivity contribution in [2.75, 3.05) is 13.2 Å². The Labute approximate surface area is 176 Å². The number of aromatic nitrogens is 2. The zero-order chi connectivity index (χ0) is 20.9. The summed E-state index contributed by atoms with van der Waals surface area (Å²) in [7, 11) is 0. The molecule has 0 fully saturated rings. The molecule has 0 unspecified atom stereocenters. The maximum atomic E-state index is 12.4. The van der Waals surface area contributed by atoms with Crippen molar-refractivity contribution in [1.82, 2.24) is 15.1 Å². The van der Waals surface area contributed by atoms with Crippen molar-refractivity contribution < 1.29 is 9.53 Å². The molecule has 5 heteroatoms. The summed E-state index contributed by atoms with van der Waals surface area (Å²) in [5, 5.41) is 9.61. The maximum Gasteiger partial charge on any atom is 0.251 e. The third kappa shape index (κ3) is 4.51. The molecule has 1 heterocycles. The Hall–Kier alpha value is -3.60. The summed E-state index contributed by atoms with van der Waals surface area (Å²) in [6, 6.07) is 23.8. The molecule has 1 aromatic heterocycles. The first-order valence-electron chi connectivity index (χ1n) is 10.1. The van der Waals surface area contributed by atoms with Crippen LogP contribution < -0.4 is 10.1 Å². The van der Waals surface area contributed by atoms with Gasteiger partial charge in [-0.2, -0.15) is 5.10 Å². The number of carbonyl (C=O) groups is 1. The summed E-state index contributed by atoms with van der Waals surface area (Å²) < 4.78 is 7.85. The maximum absolute atomic E-state index is 12.4. The number of amides is 1. The third-order valence-electron chi connectivity index (χ3n) is 5.05. The molecule has 0 atom stereocenters. The molecule has 3 aromatic carbocycles. The molecule has 1 amide bonds. The first-order valence-corrected chi connectivity index (χ1v) is 10.1. The molecule has 0 spiro atoms. The van der Waals surface area contributed by atoms with Gasteiger partial charge in [0, 0.05) is 16.6 Å². The molecule has 0 bridgehead atoms. The lowest BCUT2D eigenvalue weighted by Crippen LogP contribution is -2.28. The second kappa shape index (κ2) is 8.82. The van der Waals surface area contributed by atoms with E-state index in [2.05, 4.69) is 28.6 Å². The van der Waals surface area contributed by atoms with Gasteiger partial charge >= 0.3 is 0 Å². The largest absolute Gasteiger partial charge is 0.491 e. The van der Waals surface area contributed by atoms with Crippen molar-refractivity contribution in [2.45, 2.75) is 20.4 Å². The summed E-state index contributed by atoms with van der Waals surface area (Å²) in [5.74, 6) is 0.727. The lowest BCUT2D eigenvalue weighted by atomic mass is 10.1. The zero-order valence-corrected chi connectivity index (χ0v) is 17.3. The average molecular weight is 399 g/mol. The van der Waals surface area contributed by atoms with E-state index in [9.17, 15) is 4.79 Å². The van der Waals surface area contributed by atoms with E-state index in [0.29, 0.717) is 25.3 Å². The summed E-state index contributed by atoms with van der Waals surface area (Å²) >= 11 is 0. The van der Waals surface area contributed by atoms with Crippen LogP contribution >= 0.6 is 0 Å². The van der Waals surface area contributed by atoms with Gasteiger partial charge < -0.3 is 10.1 Å². The van der Waals surface area contributed by atoms with Gasteiger partial charge in [-0.05, 0) is 49.1 Å². The number of nitrogens with zero attached hydrogens (tertiary/aromatic N) is 2. The van der Waals surface area contributed by atoms with E-state index in [-0.39, 0.29) is 5.91 Å². The van der Waals surface area contributed by atoms with Gasteiger partial charge in [0.1, 0.15) is 12.4 Å². The van der Waals surface area contributed by atoms with Crippen molar-refractivity contribution in [3.05, 3.63) is 95.3 Å². The van der Waals surface area contributed by atoms with Gasteiger partial charge in [0.05, 0.1) is 18.8 Å². The first-order chi connectivity index (χ1) is 14.6. The number of fused-ring (bicyclic) bond motifs is 1. The summed E-state index contributed by atoms with van der Waals surface area (Å²) in [6.45, 7) is 5.58. The lowest BCUT2D eigenvalue weighted by Gasteiger charge is -2.10. The van der Waals surface area contributed by atoms with Gasteiger partial charge in [-0.1, -0.05) is 48.5 Å². The monoisotopic (exact) mass is 399 g/mol. The van der Waals surface area contributed by atoms with Gasteiger partial charge in [-0.25, -0.2) is 0 Å². The topological polar surface area (TPSA) is 56.2 Å². The SMILES string of the molecule is Cc1cc(C)n(Cc2ccc(C(=O)NCCOc3cccc4ccccc34)cc2)n1. The Balaban J connectivity index is 1.29. The van der Waals surface area contributed by atoms with Gasteiger partial charge in [0.15, 0.2) is 0 Å². The van der Waals surface area contributed by atoms with Crippen LogP contribution in [0.5, 0.6) is 5.75 Å². The Morgan fingerprint density at radius 1 is 1.00 bits per heavy atom. The minimum Gasteiger partial charge on any atom is -0.491 e. The number of hydrogen-bond acceptors (Lipinski definition) is 3. The zero-order valence-electron chi connectivity index (χ0n) is 17.3. The van der Waals surface area contributed by atoms with E-state index in [1.165, 1.54) is 0 Å². The first kappa shape index (κ1) is 19.7. The van der Waals surface area contributed by atoms with Crippen LogP contribution in [0.25, 0.3) is 10.8 Å². The van der Waals surface area contributed by atoms with Crippen LogP contribution in [0, 0.1) is 13.8 Å². The Kier molecular flexibility index (Phi) is 5.80. The predicted octanol–water partition coefficient (Wildman–Crippen LogP) is 4.51. The van der Waals surface area contributed by atoms with Crippen molar-refractivity contribution >= 4 is 16.7 Å². The predicted molar refractivity (Wildman–Crippen MR) is 119 cm³/mol. The van der Waals surface area contributed by atoms with Crippen LogP contribution in [0.2, 0.25) is 0 Å². The highest BCUT2D eigenvalue weighted by Crippen LogP contribution is 2.24. The fraction of sp³-hybridized carbons (Fsp3) is 0.200. The van der Waals surface area contributed by atoms with E-state index in [4.69, 9.17) is 4.74 Å². The normalized spacial score (nSPS) is 10.9. The Bertz CT molecular complexity index is 1160. The quantitative estimate of drug-likeness (QED) is 0.465. The van der Waals surface area contributed by atoms with Crippen LogP contribution in [-0.4, -0.2) is 28.8 Å². The summed E-state index contributed by atoms with van der Waals surface area (Å²) in [6.07, 6.45) is 0. The molecule has 0 aliphatic rings. The van der Waals surface area contributed by atoms with Crippen molar-refractivity contribution in [3.8, 4) is 5.75 Å². The van der Waals surface area contributed by atoms with Gasteiger partial charge in [-0.15, -0.1) is 0 Å². The molecule has 0 aliphatic heterocycles. The molecule has 5 nitrogen and oxygen atoms in total. The molecule has 0 saturated heterocycles. The second-order valence-electron chi connectivity index (χ2n) is 7.36. The minimum atomic E-state index is -0.103. The summed E-state index contributed by atoms with van der Waals surface area (Å²) in [5.41, 5.74) is 3.88. The number of aryl methyl sites for hydroxylation is 2. The van der Waals surface area contributed by atoms with Crippen LogP contribution in [0.15, 0.2) is 72.8 Å². The van der Waals surface area contributed by atoms with Crippen LogP contribution in [-0.2, 0) is 6.54 Å². The number of carbonyl (C=O) groups excluding carboxylic acids is 1. The lowest BCUT2D eigenvalue weighted by molar-refractivity contribution is 0.0947. The smallest absolute Gasteiger partial charge is 0.251 e. The summed E-state index contributed by atoms with van der Waals surface area (Å²) in [4.78, 5) is 12.4. The molecule has 1 N–H and O–H groups in total. The van der Waals surface area contributed by atoms with E-state index in [1.54, 1.807) is 0 Å². The molecule has 152 valence electrons. The van der Waals surface area contributed by atoms with Crippen LogP contribution in [0.4, 0.5) is 0 Å². The standard InChI is InChI=1S/C25H25N3O2/c1-18-16-19(2)28(27-18)17-20-10-12-22(13-11-20)25(29)26-14-15-30-24-9-5-7-21-6-3-4-8-23(21)24/h3-13,16H,14-15,17H2,1-2H3,(H,26,29). The van der Waals surface area contributed by atoms with E-state index in [1.807, 2.05) is 73.1 Å². The molecule has 4 rings (SSSR count). The number of rotatable bonds is 7. The van der Waals surface area contributed by atoms with E-state index < -0.39 is 0 Å². The average Bonchev–Trinajstić information content (AvgIpc) is 3.08. The Morgan fingerprint density at radius 2 is 1.77 bits per heavy atom. The number of benzene rings is 3. The van der Waals surface area contributed by atoms with Crippen molar-refractivity contribution in [1.29, 1.82) is 0 Å². The van der Waals surface area contributed by atoms with Gasteiger partial charge in [-0.3, -0.25) is 9.48 Å².